The van der Waals surface area contributed by atoms with Gasteiger partial charge in [0, 0.05) is 0 Å². The molecule has 1 heterocycles. The third-order valence-electron chi connectivity index (χ3n) is 4.81. The Morgan fingerprint density at radius 3 is 2.33 bits per heavy atom. The van der Waals surface area contributed by atoms with Crippen LogP contribution in [0.5, 0.6) is 5.75 Å². The van der Waals surface area contributed by atoms with Crippen molar-refractivity contribution in [3.05, 3.63) is 53.6 Å². The normalized spacial score (nSPS) is 14.4. The molecule has 1 atom stereocenters. The molecule has 2 aromatic rings. The number of rotatable bonds is 5. The summed E-state index contributed by atoms with van der Waals surface area (Å²) in [7, 11) is 0. The molecule has 0 saturated heterocycles. The van der Waals surface area contributed by atoms with Crippen molar-refractivity contribution in [2.75, 3.05) is 17.2 Å². The van der Waals surface area contributed by atoms with E-state index in [9.17, 15) is 9.59 Å². The maximum absolute atomic E-state index is 13.1. The first kappa shape index (κ1) is 19.0. The second kappa shape index (κ2) is 7.82. The number of carbonyl (C=O) groups excluding carboxylic acids is 2. The van der Waals surface area contributed by atoms with Crippen LogP contribution in [0.4, 0.5) is 11.4 Å². The lowest BCUT2D eigenvalue weighted by Crippen LogP contribution is -2.28. The molecule has 0 aliphatic carbocycles. The number of hydrogen-bond acceptors (Lipinski definition) is 3. The fourth-order valence-corrected chi connectivity index (χ4v) is 3.35. The van der Waals surface area contributed by atoms with Gasteiger partial charge in [-0.2, -0.15) is 0 Å². The maximum atomic E-state index is 13.1. The molecule has 2 aromatic carbocycles. The predicted octanol–water partition coefficient (Wildman–Crippen LogP) is 4.52. The first-order chi connectivity index (χ1) is 12.9. The highest BCUT2D eigenvalue weighted by Gasteiger charge is 2.26. The minimum absolute atomic E-state index is 0.0514. The molecule has 27 heavy (non-hydrogen) atoms. The van der Waals surface area contributed by atoms with Crippen LogP contribution >= 0.6 is 0 Å². The van der Waals surface area contributed by atoms with E-state index in [2.05, 4.69) is 36.6 Å². The molecule has 0 fully saturated rings. The van der Waals surface area contributed by atoms with E-state index >= 15 is 0 Å². The van der Waals surface area contributed by atoms with Gasteiger partial charge in [0.2, 0.25) is 5.91 Å². The van der Waals surface area contributed by atoms with Crippen molar-refractivity contribution in [2.24, 2.45) is 5.92 Å². The zero-order valence-corrected chi connectivity index (χ0v) is 16.2. The van der Waals surface area contributed by atoms with Crippen LogP contribution in [0.1, 0.15) is 50.7 Å². The maximum Gasteiger partial charge on any atom is 0.262 e. The Morgan fingerprint density at radius 2 is 1.70 bits per heavy atom. The monoisotopic (exact) mass is 366 g/mol. The molecule has 1 unspecified atom stereocenters. The summed E-state index contributed by atoms with van der Waals surface area (Å²) in [5.41, 5.74) is 3.39. The van der Waals surface area contributed by atoms with E-state index in [1.54, 1.807) is 18.2 Å². The summed E-state index contributed by atoms with van der Waals surface area (Å²) in [6.07, 6.45) is 0. The fraction of sp³-hybridized carbons (Fsp3) is 0.364. The van der Waals surface area contributed by atoms with E-state index in [-0.39, 0.29) is 30.3 Å². The minimum Gasteiger partial charge on any atom is -0.479 e. The molecule has 3 rings (SSSR count). The summed E-state index contributed by atoms with van der Waals surface area (Å²) in [6.45, 7) is 8.33. The van der Waals surface area contributed by atoms with Gasteiger partial charge in [0.1, 0.15) is 0 Å². The Kier molecular flexibility index (Phi) is 5.49. The van der Waals surface area contributed by atoms with Crippen molar-refractivity contribution >= 4 is 23.2 Å². The van der Waals surface area contributed by atoms with Gasteiger partial charge in [-0.25, -0.2) is 0 Å². The molecule has 1 aliphatic rings. The van der Waals surface area contributed by atoms with E-state index in [4.69, 9.17) is 4.74 Å². The molecule has 1 aliphatic heterocycles. The van der Waals surface area contributed by atoms with Gasteiger partial charge in [-0.1, -0.05) is 58.0 Å². The summed E-state index contributed by atoms with van der Waals surface area (Å²) in [5, 5.41) is 5.75. The number of fused-ring (bicyclic) bond motifs is 1. The number of hydrogen-bond donors (Lipinski definition) is 2. The molecule has 142 valence electrons. The highest BCUT2D eigenvalue weighted by atomic mass is 16.5. The van der Waals surface area contributed by atoms with Crippen LogP contribution in [0.25, 0.3) is 0 Å². The van der Waals surface area contributed by atoms with E-state index in [1.165, 1.54) is 5.56 Å². The molecule has 0 aromatic heterocycles. The lowest BCUT2D eigenvalue weighted by atomic mass is 9.86. The van der Waals surface area contributed by atoms with Gasteiger partial charge < -0.3 is 15.4 Å². The van der Waals surface area contributed by atoms with E-state index in [0.29, 0.717) is 23.0 Å². The Balaban J connectivity index is 1.85. The summed E-state index contributed by atoms with van der Waals surface area (Å²) in [4.78, 5) is 24.6. The molecular formula is C22H26N2O3. The van der Waals surface area contributed by atoms with Gasteiger partial charge in [0.05, 0.1) is 17.3 Å². The zero-order valence-electron chi connectivity index (χ0n) is 16.2. The number of para-hydroxylation sites is 1. The lowest BCUT2D eigenvalue weighted by molar-refractivity contribution is -0.119. The lowest BCUT2D eigenvalue weighted by Gasteiger charge is -2.24. The number of ether oxygens (including phenoxy) is 1. The van der Waals surface area contributed by atoms with Crippen LogP contribution < -0.4 is 15.4 Å². The number of benzene rings is 2. The average Bonchev–Trinajstić information content (AvgIpc) is 2.62. The number of anilines is 2. The molecule has 2 amide bonds. The van der Waals surface area contributed by atoms with Crippen molar-refractivity contribution in [1.82, 2.24) is 0 Å². The topological polar surface area (TPSA) is 67.4 Å². The van der Waals surface area contributed by atoms with Gasteiger partial charge in [-0.05, 0) is 35.1 Å². The average molecular weight is 366 g/mol. The minimum atomic E-state index is -0.278. The predicted molar refractivity (Wildman–Crippen MR) is 107 cm³/mol. The van der Waals surface area contributed by atoms with Gasteiger partial charge in [0.15, 0.2) is 12.4 Å². The van der Waals surface area contributed by atoms with Gasteiger partial charge >= 0.3 is 0 Å². The Bertz CT molecular complexity index is 841. The Morgan fingerprint density at radius 1 is 1.04 bits per heavy atom. The van der Waals surface area contributed by atoms with Crippen LogP contribution in [0, 0.1) is 5.92 Å². The second-order valence-corrected chi connectivity index (χ2v) is 7.55. The van der Waals surface area contributed by atoms with Crippen LogP contribution in [-0.4, -0.2) is 18.4 Å². The quantitative estimate of drug-likeness (QED) is 0.817. The standard InChI is InChI=1S/C22H26N2O3/c1-13(2)15-8-10-16(11-9-15)20(14(3)4)22(26)24-18-7-5-6-17-21(18)27-12-19(25)23-17/h5-11,13-14,20H,12H2,1-4H3,(H,23,25)(H,24,26). The van der Waals surface area contributed by atoms with Crippen LogP contribution in [0.2, 0.25) is 0 Å². The zero-order chi connectivity index (χ0) is 19.6. The van der Waals surface area contributed by atoms with E-state index < -0.39 is 0 Å². The Hall–Kier alpha value is -2.82. The van der Waals surface area contributed by atoms with E-state index in [0.717, 1.165) is 5.56 Å². The summed E-state index contributed by atoms with van der Waals surface area (Å²) < 4.78 is 5.53. The van der Waals surface area contributed by atoms with Crippen molar-refractivity contribution in [2.45, 2.75) is 39.5 Å². The number of nitrogens with one attached hydrogen (secondary N) is 2. The molecule has 5 nitrogen and oxygen atoms in total. The van der Waals surface area contributed by atoms with Crippen LogP contribution in [0.3, 0.4) is 0 Å². The highest BCUT2D eigenvalue weighted by Crippen LogP contribution is 2.36. The second-order valence-electron chi connectivity index (χ2n) is 7.55. The third-order valence-corrected chi connectivity index (χ3v) is 4.81. The highest BCUT2D eigenvalue weighted by molar-refractivity contribution is 6.01. The van der Waals surface area contributed by atoms with E-state index in [1.807, 2.05) is 26.0 Å². The third kappa shape index (κ3) is 4.13. The molecular weight excluding hydrogens is 340 g/mol. The first-order valence-electron chi connectivity index (χ1n) is 9.33. The summed E-state index contributed by atoms with van der Waals surface area (Å²) in [5.74, 6) is 0.527. The first-order valence-corrected chi connectivity index (χ1v) is 9.33. The van der Waals surface area contributed by atoms with Crippen LogP contribution in [0.15, 0.2) is 42.5 Å². The SMILES string of the molecule is CC(C)c1ccc(C(C(=O)Nc2cccc3c2OCC(=O)N3)C(C)C)cc1. The van der Waals surface area contributed by atoms with Crippen molar-refractivity contribution in [3.63, 3.8) is 0 Å². The molecule has 2 N–H and O–H groups in total. The van der Waals surface area contributed by atoms with Crippen LogP contribution in [-0.2, 0) is 9.59 Å². The largest absolute Gasteiger partial charge is 0.479 e. The molecule has 0 bridgehead atoms. The number of amides is 2. The molecule has 0 spiro atoms. The van der Waals surface area contributed by atoms with Gasteiger partial charge in [-0.3, -0.25) is 9.59 Å². The smallest absolute Gasteiger partial charge is 0.262 e. The van der Waals surface area contributed by atoms with Crippen molar-refractivity contribution in [3.8, 4) is 5.75 Å². The van der Waals surface area contributed by atoms with Gasteiger partial charge in [-0.15, -0.1) is 0 Å². The summed E-state index contributed by atoms with van der Waals surface area (Å²) >= 11 is 0. The molecule has 5 heteroatoms. The molecule has 0 radical (unpaired) electrons. The van der Waals surface area contributed by atoms with Crippen molar-refractivity contribution in [1.29, 1.82) is 0 Å². The Labute approximate surface area is 160 Å². The fourth-order valence-electron chi connectivity index (χ4n) is 3.35. The molecule has 0 saturated carbocycles. The summed E-state index contributed by atoms with van der Waals surface area (Å²) in [6, 6.07) is 13.6. The number of carbonyl (C=O) groups is 2. The van der Waals surface area contributed by atoms with Crippen molar-refractivity contribution < 1.29 is 14.3 Å². The van der Waals surface area contributed by atoms with Gasteiger partial charge in [0.25, 0.3) is 5.91 Å².